The molecule has 3 aromatic carbocycles. The fourth-order valence-corrected chi connectivity index (χ4v) is 7.20. The van der Waals surface area contributed by atoms with Gasteiger partial charge in [0, 0.05) is 27.4 Å². The number of aromatic nitrogens is 1. The Bertz CT molecular complexity index is 1750. The summed E-state index contributed by atoms with van der Waals surface area (Å²) < 4.78 is 47.3. The number of pyridine rings is 1. The van der Waals surface area contributed by atoms with Crippen molar-refractivity contribution in [3.8, 4) is 17.0 Å². The van der Waals surface area contributed by atoms with E-state index in [9.17, 15) is 27.9 Å². The van der Waals surface area contributed by atoms with Gasteiger partial charge in [0.1, 0.15) is 11.9 Å². The van der Waals surface area contributed by atoms with Crippen molar-refractivity contribution in [1.82, 2.24) is 10.3 Å². The Kier molecular flexibility index (Phi) is 7.68. The summed E-state index contributed by atoms with van der Waals surface area (Å²) in [5, 5.41) is 14.0. The van der Waals surface area contributed by atoms with Gasteiger partial charge >= 0.3 is 12.1 Å². The van der Waals surface area contributed by atoms with E-state index in [1.807, 2.05) is 55.5 Å². The number of benzene rings is 3. The number of carboxylic acid groups (broad SMARTS) is 1. The van der Waals surface area contributed by atoms with Crippen molar-refractivity contribution < 1.29 is 32.6 Å². The Morgan fingerprint density at radius 1 is 1.02 bits per heavy atom. The molecule has 4 aromatic rings. The number of amides is 1. The number of para-hydroxylation sites is 1. The first kappa shape index (κ1) is 30.1. The number of nitrogens with zero attached hydrogens (tertiary/aromatic N) is 1. The van der Waals surface area contributed by atoms with E-state index in [4.69, 9.17) is 9.72 Å². The van der Waals surface area contributed by atoms with Crippen LogP contribution in [0.25, 0.3) is 22.2 Å². The van der Waals surface area contributed by atoms with Crippen molar-refractivity contribution in [1.29, 1.82) is 0 Å². The van der Waals surface area contributed by atoms with Crippen molar-refractivity contribution in [2.45, 2.75) is 63.3 Å². The highest BCUT2D eigenvalue weighted by Gasteiger charge is 2.60. The molecule has 1 amide bonds. The molecule has 10 heteroatoms. The number of nitrogens with one attached hydrogen (secondary N) is 1. The van der Waals surface area contributed by atoms with E-state index in [0.717, 1.165) is 10.0 Å². The molecule has 1 aromatic heterocycles. The van der Waals surface area contributed by atoms with E-state index in [1.165, 1.54) is 18.2 Å². The number of alkyl halides is 3. The molecule has 7 rings (SSSR count). The molecule has 2 N–H and O–H groups in total. The molecule has 3 aliphatic carbocycles. The van der Waals surface area contributed by atoms with Crippen LogP contribution in [0, 0.1) is 12.3 Å². The first-order valence-electron chi connectivity index (χ1n) is 14.4. The summed E-state index contributed by atoms with van der Waals surface area (Å²) in [6.45, 7) is 1.85. The lowest BCUT2D eigenvalue weighted by Crippen LogP contribution is -2.67. The maximum atomic E-state index is 14.4. The minimum atomic E-state index is -4.45. The molecule has 3 saturated carbocycles. The zero-order chi connectivity index (χ0) is 31.3. The zero-order valence-corrected chi connectivity index (χ0v) is 25.5. The van der Waals surface area contributed by atoms with Crippen LogP contribution >= 0.6 is 15.9 Å². The molecule has 0 radical (unpaired) electrons. The van der Waals surface area contributed by atoms with E-state index < -0.39 is 35.6 Å². The van der Waals surface area contributed by atoms with Gasteiger partial charge in [0.2, 0.25) is 0 Å². The molecule has 0 saturated heterocycles. The lowest BCUT2D eigenvalue weighted by Gasteiger charge is -2.55. The van der Waals surface area contributed by atoms with Crippen LogP contribution < -0.4 is 10.1 Å². The fourth-order valence-electron chi connectivity index (χ4n) is 6.84. The summed E-state index contributed by atoms with van der Waals surface area (Å²) in [6, 6.07) is 21.0. The van der Waals surface area contributed by atoms with Crippen molar-refractivity contribution in [3.05, 3.63) is 94.0 Å². The minimum Gasteiger partial charge on any atom is -0.488 e. The topological polar surface area (TPSA) is 88.5 Å². The predicted octanol–water partition coefficient (Wildman–Crippen LogP) is 8.04. The van der Waals surface area contributed by atoms with Gasteiger partial charge in [-0.05, 0) is 62.4 Å². The third-order valence-corrected chi connectivity index (χ3v) is 9.70. The first-order chi connectivity index (χ1) is 20.9. The molecule has 0 unspecified atom stereocenters. The molecule has 1 atom stereocenters. The summed E-state index contributed by atoms with van der Waals surface area (Å²) in [7, 11) is 0. The summed E-state index contributed by atoms with van der Waals surface area (Å²) in [5.41, 5.74) is 1.16. The maximum Gasteiger partial charge on any atom is 0.393 e. The Labute approximate surface area is 260 Å². The molecule has 0 aliphatic heterocycles. The van der Waals surface area contributed by atoms with Gasteiger partial charge in [0.25, 0.3) is 5.91 Å². The normalized spacial score (nSPS) is 23.0. The second-order valence-corrected chi connectivity index (χ2v) is 12.8. The van der Waals surface area contributed by atoms with Gasteiger partial charge in [-0.2, -0.15) is 13.2 Å². The number of rotatable bonds is 7. The Hall–Kier alpha value is -3.92. The summed E-state index contributed by atoms with van der Waals surface area (Å²) in [6.07, 6.45) is -5.15. The van der Waals surface area contributed by atoms with E-state index in [2.05, 4.69) is 21.2 Å². The third-order valence-electron chi connectivity index (χ3n) is 9.21. The van der Waals surface area contributed by atoms with Crippen LogP contribution in [0.15, 0.2) is 77.3 Å². The van der Waals surface area contributed by atoms with Gasteiger partial charge in [0.05, 0.1) is 34.1 Å². The molecule has 228 valence electrons. The Balaban J connectivity index is 1.42. The molecule has 6 nitrogen and oxygen atoms in total. The van der Waals surface area contributed by atoms with Gasteiger partial charge in [-0.1, -0.05) is 64.5 Å². The lowest BCUT2D eigenvalue weighted by molar-refractivity contribution is -0.163. The highest BCUT2D eigenvalue weighted by atomic mass is 79.9. The van der Waals surface area contributed by atoms with Crippen LogP contribution in [0.5, 0.6) is 5.75 Å². The number of carboxylic acids is 1. The average molecular weight is 668 g/mol. The molecule has 44 heavy (non-hydrogen) atoms. The fraction of sp³-hybridized carbons (Fsp3) is 0.324. The van der Waals surface area contributed by atoms with Crippen LogP contribution in [0.1, 0.15) is 53.6 Å². The quantitative estimate of drug-likeness (QED) is 0.208. The molecular weight excluding hydrogens is 637 g/mol. The number of hydrogen-bond donors (Lipinski definition) is 2. The van der Waals surface area contributed by atoms with Gasteiger partial charge in [-0.15, -0.1) is 0 Å². The van der Waals surface area contributed by atoms with E-state index in [-0.39, 0.29) is 23.6 Å². The van der Waals surface area contributed by atoms with Gasteiger partial charge in [0.15, 0.2) is 0 Å². The van der Waals surface area contributed by atoms with Gasteiger partial charge < -0.3 is 15.2 Å². The number of hydrogen-bond acceptors (Lipinski definition) is 4. The highest BCUT2D eigenvalue weighted by molar-refractivity contribution is 9.10. The van der Waals surface area contributed by atoms with Gasteiger partial charge in [-0.25, -0.2) is 4.98 Å². The molecule has 1 heterocycles. The van der Waals surface area contributed by atoms with Crippen molar-refractivity contribution in [3.63, 3.8) is 0 Å². The molecule has 3 fully saturated rings. The number of carbonyl (C=O) groups excluding carboxylic acids is 1. The standard InChI is InChI=1S/C34H30BrF3N2O4/c1-20-28(24-17-23(35)11-12-25(24)39-29(20)21-7-3-2-4-8-21)30(41)40-33-15-13-32(14-16-33,31(42)43)19-27(33)44-26-10-6-5-9-22(26)18-34(36,37)38/h2-12,17,27H,13-16,18-19H2,1H3,(H,40,41)(H,42,43)/t27-,32?,33?/m1/s1. The Morgan fingerprint density at radius 3 is 2.39 bits per heavy atom. The highest BCUT2D eigenvalue weighted by Crippen LogP contribution is 2.54. The second kappa shape index (κ2) is 11.2. The summed E-state index contributed by atoms with van der Waals surface area (Å²) in [5.74, 6) is -1.29. The zero-order valence-electron chi connectivity index (χ0n) is 23.9. The second-order valence-electron chi connectivity index (χ2n) is 11.9. The average Bonchev–Trinajstić information content (AvgIpc) is 2.98. The van der Waals surface area contributed by atoms with Crippen molar-refractivity contribution >= 4 is 38.7 Å². The van der Waals surface area contributed by atoms with Crippen LogP contribution in [0.4, 0.5) is 13.2 Å². The third kappa shape index (κ3) is 5.56. The SMILES string of the molecule is Cc1c(-c2ccccc2)nc2ccc(Br)cc2c1C(=O)NC12CCC(C(=O)O)(CC1)C[C@H]2Oc1ccccc1CC(F)(F)F. The lowest BCUT2D eigenvalue weighted by atomic mass is 9.55. The smallest absolute Gasteiger partial charge is 0.393 e. The van der Waals surface area contributed by atoms with Crippen LogP contribution in [0.2, 0.25) is 0 Å². The molecule has 3 aliphatic rings. The van der Waals surface area contributed by atoms with Crippen molar-refractivity contribution in [2.24, 2.45) is 5.41 Å². The summed E-state index contributed by atoms with van der Waals surface area (Å²) >= 11 is 3.51. The first-order valence-corrected chi connectivity index (χ1v) is 15.2. The van der Waals surface area contributed by atoms with E-state index in [1.54, 1.807) is 6.07 Å². The molecule has 2 bridgehead atoms. The maximum absolute atomic E-state index is 14.4. The van der Waals surface area contributed by atoms with Gasteiger partial charge in [-0.3, -0.25) is 9.59 Å². The van der Waals surface area contributed by atoms with E-state index in [0.29, 0.717) is 53.4 Å². The van der Waals surface area contributed by atoms with Crippen LogP contribution in [-0.2, 0) is 11.2 Å². The predicted molar refractivity (Wildman–Crippen MR) is 164 cm³/mol. The monoisotopic (exact) mass is 666 g/mol. The van der Waals surface area contributed by atoms with E-state index >= 15 is 0 Å². The Morgan fingerprint density at radius 2 is 1.70 bits per heavy atom. The molecular formula is C34H30BrF3N2O4. The van der Waals surface area contributed by atoms with Crippen LogP contribution in [0.3, 0.4) is 0 Å². The summed E-state index contributed by atoms with van der Waals surface area (Å²) in [4.78, 5) is 31.7. The number of ether oxygens (including phenoxy) is 1. The number of fused-ring (bicyclic) bond motifs is 4. The minimum absolute atomic E-state index is 0.0392. The number of carbonyl (C=O) groups is 2. The largest absolute Gasteiger partial charge is 0.488 e. The number of aliphatic carboxylic acids is 1. The van der Waals surface area contributed by atoms with Crippen molar-refractivity contribution in [2.75, 3.05) is 0 Å². The van der Waals surface area contributed by atoms with Crippen LogP contribution in [-0.4, -0.2) is 39.8 Å². The molecule has 0 spiro atoms. The number of halogens is 4.